The van der Waals surface area contributed by atoms with Gasteiger partial charge in [-0.15, -0.1) is 0 Å². The molecule has 0 aliphatic carbocycles. The normalized spacial score (nSPS) is 14.4. The molecule has 0 bridgehead atoms. The van der Waals surface area contributed by atoms with Crippen molar-refractivity contribution in [1.29, 1.82) is 0 Å². The number of rotatable bonds is 6. The molecular weight excluding hydrogens is 318 g/mol. The number of carbonyl (C=O) groups is 1. The molecule has 1 N–H and O–H groups in total. The molecule has 0 saturated carbocycles. The van der Waals surface area contributed by atoms with Crippen LogP contribution < -0.4 is 19.5 Å². The minimum atomic E-state index is -0.238. The molecule has 1 aliphatic heterocycles. The summed E-state index contributed by atoms with van der Waals surface area (Å²) in [5, 5.41) is 2.85. The van der Waals surface area contributed by atoms with Crippen molar-refractivity contribution in [2.45, 2.75) is 32.4 Å². The summed E-state index contributed by atoms with van der Waals surface area (Å²) < 4.78 is 16.7. The van der Waals surface area contributed by atoms with Crippen molar-refractivity contribution in [3.05, 3.63) is 53.6 Å². The summed E-state index contributed by atoms with van der Waals surface area (Å²) in [5.41, 5.74) is 1.87. The largest absolute Gasteiger partial charge is 0.497 e. The van der Waals surface area contributed by atoms with Gasteiger partial charge in [-0.1, -0.05) is 24.3 Å². The summed E-state index contributed by atoms with van der Waals surface area (Å²) >= 11 is 0. The Kier molecular flexibility index (Phi) is 4.83. The third kappa shape index (κ3) is 4.24. The van der Waals surface area contributed by atoms with E-state index >= 15 is 0 Å². The SMILES string of the molecule is COc1ccc(CNC(=O)COc2cccc3c2OC(C)(C)C3)cc1. The molecule has 5 heteroatoms. The molecule has 5 nitrogen and oxygen atoms in total. The molecule has 0 aromatic heterocycles. The number of amides is 1. The van der Waals surface area contributed by atoms with E-state index in [0.717, 1.165) is 29.0 Å². The van der Waals surface area contributed by atoms with Crippen molar-refractivity contribution >= 4 is 5.91 Å². The third-order valence-corrected chi connectivity index (χ3v) is 4.06. The number of nitrogens with one attached hydrogen (secondary N) is 1. The van der Waals surface area contributed by atoms with Gasteiger partial charge in [0.25, 0.3) is 5.91 Å². The molecule has 0 saturated heterocycles. The molecule has 1 aliphatic rings. The second-order valence-corrected chi connectivity index (χ2v) is 6.70. The van der Waals surface area contributed by atoms with Gasteiger partial charge in [0.1, 0.15) is 11.4 Å². The lowest BCUT2D eigenvalue weighted by Crippen LogP contribution is -2.28. The van der Waals surface area contributed by atoms with Crippen molar-refractivity contribution in [1.82, 2.24) is 5.32 Å². The molecule has 0 atom stereocenters. The van der Waals surface area contributed by atoms with Gasteiger partial charge < -0.3 is 19.5 Å². The maximum atomic E-state index is 12.0. The first-order valence-corrected chi connectivity index (χ1v) is 8.30. The minimum absolute atomic E-state index is 0.0452. The molecule has 2 aromatic rings. The summed E-state index contributed by atoms with van der Waals surface area (Å²) in [4.78, 5) is 12.0. The van der Waals surface area contributed by atoms with Gasteiger partial charge in [0.15, 0.2) is 18.1 Å². The van der Waals surface area contributed by atoms with Gasteiger partial charge >= 0.3 is 0 Å². The van der Waals surface area contributed by atoms with E-state index in [9.17, 15) is 4.79 Å². The monoisotopic (exact) mass is 341 g/mol. The van der Waals surface area contributed by atoms with Crippen molar-refractivity contribution in [2.75, 3.05) is 13.7 Å². The highest BCUT2D eigenvalue weighted by Crippen LogP contribution is 2.41. The van der Waals surface area contributed by atoms with E-state index < -0.39 is 0 Å². The Labute approximate surface area is 147 Å². The number of fused-ring (bicyclic) bond motifs is 1. The zero-order valence-corrected chi connectivity index (χ0v) is 14.8. The standard InChI is InChI=1S/C20H23NO4/c1-20(2)11-15-5-4-6-17(19(15)25-20)24-13-18(22)21-12-14-7-9-16(23-3)10-8-14/h4-10H,11-13H2,1-3H3,(H,21,22). The molecule has 0 spiro atoms. The van der Waals surface area contributed by atoms with Gasteiger partial charge in [-0.25, -0.2) is 0 Å². The van der Waals surface area contributed by atoms with E-state index in [-0.39, 0.29) is 18.1 Å². The van der Waals surface area contributed by atoms with Gasteiger partial charge in [-0.2, -0.15) is 0 Å². The fourth-order valence-corrected chi connectivity index (χ4v) is 2.84. The highest BCUT2D eigenvalue weighted by atomic mass is 16.5. The van der Waals surface area contributed by atoms with E-state index in [2.05, 4.69) is 5.32 Å². The lowest BCUT2D eigenvalue weighted by molar-refractivity contribution is -0.123. The van der Waals surface area contributed by atoms with Crippen LogP contribution in [0.1, 0.15) is 25.0 Å². The topological polar surface area (TPSA) is 56.8 Å². The third-order valence-electron chi connectivity index (χ3n) is 4.06. The number of hydrogen-bond donors (Lipinski definition) is 1. The summed E-state index contributed by atoms with van der Waals surface area (Å²) in [6.07, 6.45) is 0.837. The van der Waals surface area contributed by atoms with Gasteiger partial charge in [-0.3, -0.25) is 4.79 Å². The van der Waals surface area contributed by atoms with Crippen molar-refractivity contribution in [3.63, 3.8) is 0 Å². The highest BCUT2D eigenvalue weighted by Gasteiger charge is 2.32. The van der Waals surface area contributed by atoms with Crippen molar-refractivity contribution in [3.8, 4) is 17.2 Å². The van der Waals surface area contributed by atoms with E-state index in [1.165, 1.54) is 0 Å². The van der Waals surface area contributed by atoms with Gasteiger partial charge in [0.2, 0.25) is 0 Å². The Morgan fingerprint density at radius 3 is 2.68 bits per heavy atom. The average Bonchev–Trinajstić information content (AvgIpc) is 2.93. The summed E-state index contributed by atoms with van der Waals surface area (Å²) in [6.45, 7) is 4.48. The number of carbonyl (C=O) groups excluding carboxylic acids is 1. The minimum Gasteiger partial charge on any atom is -0.497 e. The predicted octanol–water partition coefficient (Wildman–Crippen LogP) is 3.10. The number of methoxy groups -OCH3 is 1. The molecule has 1 heterocycles. The van der Waals surface area contributed by atoms with Crippen LogP contribution in [0.5, 0.6) is 17.2 Å². The Morgan fingerprint density at radius 2 is 1.96 bits per heavy atom. The van der Waals surface area contributed by atoms with Crippen LogP contribution in [-0.2, 0) is 17.8 Å². The van der Waals surface area contributed by atoms with E-state index in [4.69, 9.17) is 14.2 Å². The van der Waals surface area contributed by atoms with Crippen molar-refractivity contribution < 1.29 is 19.0 Å². The molecular formula is C20H23NO4. The first kappa shape index (κ1) is 17.1. The quantitative estimate of drug-likeness (QED) is 0.877. The lowest BCUT2D eigenvalue weighted by Gasteiger charge is -2.18. The fourth-order valence-electron chi connectivity index (χ4n) is 2.84. The predicted molar refractivity (Wildman–Crippen MR) is 95.2 cm³/mol. The van der Waals surface area contributed by atoms with Gasteiger partial charge in [-0.05, 0) is 37.6 Å². The van der Waals surface area contributed by atoms with Gasteiger partial charge in [0, 0.05) is 18.5 Å². The summed E-state index contributed by atoms with van der Waals surface area (Å²) in [7, 11) is 1.62. The average molecular weight is 341 g/mol. The highest BCUT2D eigenvalue weighted by molar-refractivity contribution is 5.77. The Bertz CT molecular complexity index is 753. The first-order valence-electron chi connectivity index (χ1n) is 8.30. The maximum absolute atomic E-state index is 12.0. The number of para-hydroxylation sites is 1. The fraction of sp³-hybridized carbons (Fsp3) is 0.350. The Balaban J connectivity index is 1.52. The first-order chi connectivity index (χ1) is 12.0. The number of hydrogen-bond acceptors (Lipinski definition) is 4. The summed E-state index contributed by atoms with van der Waals surface area (Å²) in [5.74, 6) is 1.98. The molecule has 25 heavy (non-hydrogen) atoms. The van der Waals surface area contributed by atoms with Crippen LogP contribution in [0, 0.1) is 0 Å². The molecule has 1 amide bonds. The molecule has 3 rings (SSSR count). The summed E-state index contributed by atoms with van der Waals surface area (Å²) in [6, 6.07) is 13.3. The Hall–Kier alpha value is -2.69. The lowest BCUT2D eigenvalue weighted by atomic mass is 10.0. The van der Waals surface area contributed by atoms with Crippen LogP contribution in [-0.4, -0.2) is 25.2 Å². The zero-order valence-electron chi connectivity index (χ0n) is 14.8. The van der Waals surface area contributed by atoms with E-state index in [1.807, 2.05) is 56.3 Å². The van der Waals surface area contributed by atoms with E-state index in [0.29, 0.717) is 12.3 Å². The second kappa shape index (κ2) is 7.05. The number of ether oxygens (including phenoxy) is 3. The van der Waals surface area contributed by atoms with Gasteiger partial charge in [0.05, 0.1) is 7.11 Å². The molecule has 0 radical (unpaired) electrons. The molecule has 0 fully saturated rings. The number of benzene rings is 2. The maximum Gasteiger partial charge on any atom is 0.258 e. The molecule has 2 aromatic carbocycles. The van der Waals surface area contributed by atoms with Crippen LogP contribution >= 0.6 is 0 Å². The molecule has 0 unspecified atom stereocenters. The Morgan fingerprint density at radius 1 is 1.20 bits per heavy atom. The van der Waals surface area contributed by atoms with E-state index in [1.54, 1.807) is 7.11 Å². The van der Waals surface area contributed by atoms with Crippen LogP contribution in [0.2, 0.25) is 0 Å². The van der Waals surface area contributed by atoms with Crippen LogP contribution in [0.4, 0.5) is 0 Å². The smallest absolute Gasteiger partial charge is 0.258 e. The van der Waals surface area contributed by atoms with Crippen molar-refractivity contribution in [2.24, 2.45) is 0 Å². The second-order valence-electron chi connectivity index (χ2n) is 6.70. The van der Waals surface area contributed by atoms with Crippen LogP contribution in [0.15, 0.2) is 42.5 Å². The van der Waals surface area contributed by atoms with Crippen LogP contribution in [0.3, 0.4) is 0 Å². The molecule has 132 valence electrons. The van der Waals surface area contributed by atoms with Crippen LogP contribution in [0.25, 0.3) is 0 Å². The zero-order chi connectivity index (χ0) is 17.9.